The summed E-state index contributed by atoms with van der Waals surface area (Å²) in [5.74, 6) is 1.86. The number of halogens is 2. The molecule has 0 saturated carbocycles. The van der Waals surface area contributed by atoms with Crippen molar-refractivity contribution in [2.24, 2.45) is 0 Å². The van der Waals surface area contributed by atoms with Crippen LogP contribution in [0.5, 0.6) is 17.4 Å². The summed E-state index contributed by atoms with van der Waals surface area (Å²) >= 11 is 11.7. The first-order valence-corrected chi connectivity index (χ1v) is 12.1. The first-order chi connectivity index (χ1) is 16.3. The van der Waals surface area contributed by atoms with Crippen molar-refractivity contribution in [1.29, 1.82) is 0 Å². The second-order valence-corrected chi connectivity index (χ2v) is 9.44. The van der Waals surface area contributed by atoms with Crippen molar-refractivity contribution in [1.82, 2.24) is 24.5 Å². The molecule has 1 N–H and O–H groups in total. The molecule has 10 nitrogen and oxygen atoms in total. The van der Waals surface area contributed by atoms with Crippen LogP contribution in [-0.2, 0) is 10.0 Å². The lowest BCUT2D eigenvalue weighted by atomic mass is 10.2. The molecule has 0 radical (unpaired) electrons. The van der Waals surface area contributed by atoms with E-state index in [0.29, 0.717) is 28.5 Å². The van der Waals surface area contributed by atoms with E-state index >= 15 is 0 Å². The number of hydrogen-bond acceptors (Lipinski definition) is 8. The lowest BCUT2D eigenvalue weighted by molar-refractivity contribution is 0.306. The highest BCUT2D eigenvalue weighted by Crippen LogP contribution is 2.31. The Morgan fingerprint density at radius 2 is 1.74 bits per heavy atom. The molecule has 34 heavy (non-hydrogen) atoms. The van der Waals surface area contributed by atoms with Crippen LogP contribution < -0.4 is 18.9 Å². The number of nitrogens with one attached hydrogen (secondary N) is 1. The molecule has 0 bridgehead atoms. The number of fused-ring (bicyclic) bond motifs is 1. The van der Waals surface area contributed by atoms with Gasteiger partial charge in [-0.25, -0.2) is 13.1 Å². The van der Waals surface area contributed by atoms with Gasteiger partial charge in [0, 0.05) is 18.2 Å². The van der Waals surface area contributed by atoms with E-state index < -0.39 is 10.0 Å². The van der Waals surface area contributed by atoms with Gasteiger partial charge in [0.2, 0.25) is 15.9 Å². The summed E-state index contributed by atoms with van der Waals surface area (Å²) in [6.07, 6.45) is 0. The number of sulfonamides is 1. The largest absolute Gasteiger partial charge is 0.493 e. The maximum Gasteiger partial charge on any atom is 0.240 e. The van der Waals surface area contributed by atoms with Gasteiger partial charge >= 0.3 is 0 Å². The summed E-state index contributed by atoms with van der Waals surface area (Å²) in [6.45, 7) is 0.0416. The van der Waals surface area contributed by atoms with Crippen molar-refractivity contribution in [2.45, 2.75) is 4.90 Å². The summed E-state index contributed by atoms with van der Waals surface area (Å²) in [7, 11) is -0.675. The molecule has 4 rings (SSSR count). The molecule has 4 aromatic rings. The lowest BCUT2D eigenvalue weighted by Gasteiger charge is -2.10. The van der Waals surface area contributed by atoms with Crippen molar-refractivity contribution in [2.75, 3.05) is 27.4 Å². The highest BCUT2D eigenvalue weighted by atomic mass is 35.5. The fraction of sp³-hybridized carbons (Fsp3) is 0.190. The van der Waals surface area contributed by atoms with Gasteiger partial charge in [-0.05, 0) is 42.5 Å². The number of rotatable bonds is 9. The summed E-state index contributed by atoms with van der Waals surface area (Å²) < 4.78 is 45.1. The Morgan fingerprint density at radius 1 is 0.941 bits per heavy atom. The van der Waals surface area contributed by atoms with Crippen molar-refractivity contribution >= 4 is 38.9 Å². The third-order valence-corrected chi connectivity index (χ3v) is 6.92. The van der Waals surface area contributed by atoms with E-state index in [0.717, 1.165) is 0 Å². The molecule has 13 heteroatoms. The van der Waals surface area contributed by atoms with Gasteiger partial charge in [-0.3, -0.25) is 0 Å². The lowest BCUT2D eigenvalue weighted by Crippen LogP contribution is -2.28. The van der Waals surface area contributed by atoms with Gasteiger partial charge in [0.25, 0.3) is 0 Å². The smallest absolute Gasteiger partial charge is 0.240 e. The number of hydrogen-bond donors (Lipinski definition) is 1. The molecule has 2 heterocycles. The van der Waals surface area contributed by atoms with Gasteiger partial charge < -0.3 is 14.2 Å². The van der Waals surface area contributed by atoms with Gasteiger partial charge in [-0.2, -0.15) is 4.52 Å². The Morgan fingerprint density at radius 3 is 2.47 bits per heavy atom. The van der Waals surface area contributed by atoms with Gasteiger partial charge in [-0.1, -0.05) is 23.2 Å². The molecular weight excluding hydrogens is 505 g/mol. The second-order valence-electron chi connectivity index (χ2n) is 6.86. The topological polar surface area (TPSA) is 117 Å². The fourth-order valence-electron chi connectivity index (χ4n) is 3.06. The maximum absolute atomic E-state index is 12.4. The van der Waals surface area contributed by atoms with Crippen LogP contribution in [0.4, 0.5) is 0 Å². The Hall–Kier alpha value is -3.12. The Balaban J connectivity index is 1.46. The molecular formula is C21H19Cl2N5O5S. The molecule has 0 spiro atoms. The molecule has 0 fully saturated rings. The average Bonchev–Trinajstić information content (AvgIpc) is 3.26. The minimum Gasteiger partial charge on any atom is -0.493 e. The molecule has 0 aliphatic rings. The van der Waals surface area contributed by atoms with Crippen LogP contribution in [0.25, 0.3) is 17.0 Å². The predicted molar refractivity (Wildman–Crippen MR) is 126 cm³/mol. The van der Waals surface area contributed by atoms with Crippen molar-refractivity contribution < 1.29 is 22.6 Å². The van der Waals surface area contributed by atoms with Crippen molar-refractivity contribution in [3.05, 3.63) is 58.6 Å². The van der Waals surface area contributed by atoms with Gasteiger partial charge in [-0.15, -0.1) is 15.3 Å². The normalized spacial score (nSPS) is 11.5. The molecule has 2 aromatic carbocycles. The molecule has 0 aliphatic heterocycles. The molecule has 0 atom stereocenters. The summed E-state index contributed by atoms with van der Waals surface area (Å²) in [5.41, 5.74) is 1.22. The molecule has 2 aromatic heterocycles. The van der Waals surface area contributed by atoms with Crippen LogP contribution in [-0.4, -0.2) is 55.6 Å². The van der Waals surface area contributed by atoms with Gasteiger partial charge in [0.1, 0.15) is 6.61 Å². The van der Waals surface area contributed by atoms with E-state index in [1.807, 2.05) is 6.07 Å². The molecule has 0 saturated heterocycles. The Labute approximate surface area is 205 Å². The van der Waals surface area contributed by atoms with E-state index in [1.54, 1.807) is 38.5 Å². The van der Waals surface area contributed by atoms with Crippen LogP contribution in [0.3, 0.4) is 0 Å². The summed E-state index contributed by atoms with van der Waals surface area (Å²) in [5, 5.41) is 13.2. The predicted octanol–water partition coefficient (Wildman–Crippen LogP) is 3.47. The third-order valence-electron chi connectivity index (χ3n) is 4.73. The van der Waals surface area contributed by atoms with E-state index in [1.165, 1.54) is 22.7 Å². The zero-order valence-electron chi connectivity index (χ0n) is 18.0. The van der Waals surface area contributed by atoms with Crippen LogP contribution in [0.2, 0.25) is 10.0 Å². The molecule has 0 aliphatic carbocycles. The monoisotopic (exact) mass is 523 g/mol. The number of ether oxygens (including phenoxy) is 3. The van der Waals surface area contributed by atoms with Crippen LogP contribution in [0.15, 0.2) is 53.4 Å². The number of methoxy groups -OCH3 is 2. The van der Waals surface area contributed by atoms with Gasteiger partial charge in [0.05, 0.1) is 29.2 Å². The Kier molecular flexibility index (Phi) is 7.08. The van der Waals surface area contributed by atoms with Crippen molar-refractivity contribution in [3.8, 4) is 28.8 Å². The number of aromatic nitrogens is 4. The van der Waals surface area contributed by atoms with Crippen LogP contribution in [0, 0.1) is 0 Å². The second kappa shape index (κ2) is 10.0. The quantitative estimate of drug-likeness (QED) is 0.331. The average molecular weight is 524 g/mol. The van der Waals surface area contributed by atoms with Crippen molar-refractivity contribution in [3.63, 3.8) is 0 Å². The highest BCUT2D eigenvalue weighted by Gasteiger charge is 2.16. The van der Waals surface area contributed by atoms with E-state index in [2.05, 4.69) is 20.0 Å². The Bertz CT molecular complexity index is 1450. The van der Waals surface area contributed by atoms with E-state index in [-0.39, 0.29) is 34.0 Å². The highest BCUT2D eigenvalue weighted by molar-refractivity contribution is 7.89. The SMILES string of the molecule is COc1ccc(-c2nnc3ccc(OCCNS(=O)(=O)c4ccc(Cl)c(Cl)c4)nn23)cc1OC. The van der Waals surface area contributed by atoms with E-state index in [4.69, 9.17) is 37.4 Å². The molecule has 0 unspecified atom stereocenters. The minimum atomic E-state index is -3.78. The number of benzene rings is 2. The first-order valence-electron chi connectivity index (χ1n) is 9.85. The number of nitrogens with zero attached hydrogens (tertiary/aromatic N) is 4. The summed E-state index contributed by atoms with van der Waals surface area (Å²) in [6, 6.07) is 12.7. The standard InChI is InChI=1S/C21H19Cl2N5O5S/c1-31-17-6-3-13(11-18(17)32-2)21-26-25-19-7-8-20(27-28(19)21)33-10-9-24-34(29,30)14-4-5-15(22)16(23)12-14/h3-8,11-12,24H,9-10H2,1-2H3. The first kappa shape index (κ1) is 24.0. The zero-order valence-corrected chi connectivity index (χ0v) is 20.4. The van der Waals surface area contributed by atoms with Crippen LogP contribution in [0.1, 0.15) is 0 Å². The molecule has 178 valence electrons. The van der Waals surface area contributed by atoms with E-state index in [9.17, 15) is 8.42 Å². The zero-order chi connectivity index (χ0) is 24.3. The fourth-order valence-corrected chi connectivity index (χ4v) is 4.47. The molecule has 0 amide bonds. The van der Waals surface area contributed by atoms with Gasteiger partial charge in [0.15, 0.2) is 23.0 Å². The minimum absolute atomic E-state index is 0.00509. The van der Waals surface area contributed by atoms with Crippen LogP contribution >= 0.6 is 23.2 Å². The third kappa shape index (κ3) is 5.02. The maximum atomic E-state index is 12.4. The summed E-state index contributed by atoms with van der Waals surface area (Å²) in [4.78, 5) is 0.00509.